The van der Waals surface area contributed by atoms with E-state index in [0.29, 0.717) is 17.6 Å². The maximum absolute atomic E-state index is 12.1. The Balaban J connectivity index is 1.77. The van der Waals surface area contributed by atoms with Gasteiger partial charge in [0.2, 0.25) is 5.89 Å². The molecule has 1 fully saturated rings. The summed E-state index contributed by atoms with van der Waals surface area (Å²) in [6.07, 6.45) is -2.49. The molecule has 0 aliphatic heterocycles. The van der Waals surface area contributed by atoms with Crippen molar-refractivity contribution in [2.75, 3.05) is 5.75 Å². The standard InChI is InChI=1S/C11H15F3N2O2S/c12-11(13,14)8(17)5-19-6-9-15-10(16-18-9)7-3-1-2-4-7/h7-8,17H,1-6H2. The van der Waals surface area contributed by atoms with Crippen molar-refractivity contribution >= 4 is 11.8 Å². The number of halogens is 3. The second-order valence-electron chi connectivity index (χ2n) is 4.60. The van der Waals surface area contributed by atoms with E-state index < -0.39 is 18.0 Å². The molecule has 0 amide bonds. The lowest BCUT2D eigenvalue weighted by Crippen LogP contribution is -2.30. The minimum absolute atomic E-state index is 0.187. The summed E-state index contributed by atoms with van der Waals surface area (Å²) in [7, 11) is 0. The van der Waals surface area contributed by atoms with Crippen LogP contribution in [0.5, 0.6) is 0 Å². The van der Waals surface area contributed by atoms with Gasteiger partial charge in [-0.25, -0.2) is 0 Å². The molecule has 19 heavy (non-hydrogen) atoms. The lowest BCUT2D eigenvalue weighted by molar-refractivity contribution is -0.195. The number of nitrogens with zero attached hydrogens (tertiary/aromatic N) is 2. The van der Waals surface area contributed by atoms with Crippen LogP contribution < -0.4 is 0 Å². The number of aromatic nitrogens is 2. The third-order valence-corrected chi connectivity index (χ3v) is 4.09. The normalized spacial score (nSPS) is 18.9. The van der Waals surface area contributed by atoms with Gasteiger partial charge in [0.25, 0.3) is 0 Å². The van der Waals surface area contributed by atoms with Crippen molar-refractivity contribution in [3.63, 3.8) is 0 Å². The first-order chi connectivity index (χ1) is 8.97. The van der Waals surface area contributed by atoms with Gasteiger partial charge in [-0.1, -0.05) is 18.0 Å². The molecular weight excluding hydrogens is 281 g/mol. The summed E-state index contributed by atoms with van der Waals surface area (Å²) in [5.41, 5.74) is 0. The SMILES string of the molecule is OC(CSCc1nc(C2CCCC2)no1)C(F)(F)F. The van der Waals surface area contributed by atoms with E-state index in [-0.39, 0.29) is 5.75 Å². The van der Waals surface area contributed by atoms with Crippen molar-refractivity contribution in [2.24, 2.45) is 0 Å². The van der Waals surface area contributed by atoms with E-state index in [4.69, 9.17) is 9.63 Å². The van der Waals surface area contributed by atoms with Crippen LogP contribution >= 0.6 is 11.8 Å². The molecule has 8 heteroatoms. The second-order valence-corrected chi connectivity index (χ2v) is 5.63. The Labute approximate surface area is 112 Å². The van der Waals surface area contributed by atoms with E-state index in [1.54, 1.807) is 0 Å². The largest absolute Gasteiger partial charge is 0.415 e. The number of hydrogen-bond acceptors (Lipinski definition) is 5. The summed E-state index contributed by atoms with van der Waals surface area (Å²) in [4.78, 5) is 4.19. The summed E-state index contributed by atoms with van der Waals surface area (Å²) in [6.45, 7) is 0. The molecule has 4 nitrogen and oxygen atoms in total. The Kier molecular flexibility index (Phi) is 4.72. The van der Waals surface area contributed by atoms with Gasteiger partial charge in [-0.2, -0.15) is 18.2 Å². The summed E-state index contributed by atoms with van der Waals surface area (Å²) >= 11 is 0.931. The first kappa shape index (κ1) is 14.6. The van der Waals surface area contributed by atoms with Crippen molar-refractivity contribution in [1.29, 1.82) is 0 Å². The summed E-state index contributed by atoms with van der Waals surface area (Å²) in [6, 6.07) is 0. The number of rotatable bonds is 5. The van der Waals surface area contributed by atoms with Gasteiger partial charge in [-0.3, -0.25) is 0 Å². The fraction of sp³-hybridized carbons (Fsp3) is 0.818. The van der Waals surface area contributed by atoms with Crippen LogP contribution in [0.4, 0.5) is 13.2 Å². The Morgan fingerprint density at radius 2 is 2.05 bits per heavy atom. The smallest absolute Gasteiger partial charge is 0.383 e. The molecule has 108 valence electrons. The molecule has 1 saturated carbocycles. The Morgan fingerprint density at radius 1 is 1.37 bits per heavy atom. The zero-order chi connectivity index (χ0) is 13.9. The molecule has 0 bridgehead atoms. The van der Waals surface area contributed by atoms with E-state index in [2.05, 4.69) is 10.1 Å². The molecule has 0 spiro atoms. The van der Waals surface area contributed by atoms with Crippen LogP contribution in [0.25, 0.3) is 0 Å². The average Bonchev–Trinajstić information content (AvgIpc) is 2.97. The third-order valence-electron chi connectivity index (χ3n) is 3.08. The van der Waals surface area contributed by atoms with Gasteiger partial charge in [-0.15, -0.1) is 11.8 Å². The maximum Gasteiger partial charge on any atom is 0.415 e. The topological polar surface area (TPSA) is 59.2 Å². The van der Waals surface area contributed by atoms with E-state index in [0.717, 1.165) is 37.4 Å². The molecule has 1 N–H and O–H groups in total. The molecule has 2 rings (SSSR count). The Hall–Kier alpha value is -0.760. The van der Waals surface area contributed by atoms with Crippen LogP contribution in [-0.2, 0) is 5.75 Å². The number of aliphatic hydroxyl groups is 1. The minimum atomic E-state index is -4.57. The zero-order valence-electron chi connectivity index (χ0n) is 10.2. The maximum atomic E-state index is 12.1. The lowest BCUT2D eigenvalue weighted by Gasteiger charge is -2.12. The summed E-state index contributed by atoms with van der Waals surface area (Å²) < 4.78 is 41.2. The predicted molar refractivity (Wildman–Crippen MR) is 63.7 cm³/mol. The molecule has 1 aliphatic carbocycles. The molecule has 0 radical (unpaired) electrons. The van der Waals surface area contributed by atoms with Gasteiger partial charge < -0.3 is 9.63 Å². The fourth-order valence-electron chi connectivity index (χ4n) is 2.03. The van der Waals surface area contributed by atoms with Crippen molar-refractivity contribution in [3.05, 3.63) is 11.7 Å². The highest BCUT2D eigenvalue weighted by atomic mass is 32.2. The van der Waals surface area contributed by atoms with Crippen LogP contribution in [0.3, 0.4) is 0 Å². The van der Waals surface area contributed by atoms with E-state index in [1.165, 1.54) is 0 Å². The summed E-state index contributed by atoms with van der Waals surface area (Å²) in [5, 5.41) is 12.7. The summed E-state index contributed by atoms with van der Waals surface area (Å²) in [5.74, 6) is 1.06. The average molecular weight is 296 g/mol. The lowest BCUT2D eigenvalue weighted by atomic mass is 10.1. The highest BCUT2D eigenvalue weighted by molar-refractivity contribution is 7.98. The van der Waals surface area contributed by atoms with Crippen LogP contribution in [0.2, 0.25) is 0 Å². The molecule has 1 aromatic rings. The first-order valence-electron chi connectivity index (χ1n) is 6.12. The van der Waals surface area contributed by atoms with E-state index in [1.807, 2.05) is 0 Å². The van der Waals surface area contributed by atoms with Gasteiger partial charge in [0.1, 0.15) is 0 Å². The molecule has 0 saturated heterocycles. The molecule has 0 aromatic carbocycles. The number of thioether (sulfide) groups is 1. The van der Waals surface area contributed by atoms with Crippen LogP contribution in [0, 0.1) is 0 Å². The first-order valence-corrected chi connectivity index (χ1v) is 7.27. The monoisotopic (exact) mass is 296 g/mol. The van der Waals surface area contributed by atoms with Gasteiger partial charge in [0.15, 0.2) is 11.9 Å². The molecule has 1 aromatic heterocycles. The van der Waals surface area contributed by atoms with Gasteiger partial charge >= 0.3 is 6.18 Å². The van der Waals surface area contributed by atoms with Crippen LogP contribution in [0.1, 0.15) is 43.3 Å². The predicted octanol–water partition coefficient (Wildman–Crippen LogP) is 2.88. The highest BCUT2D eigenvalue weighted by Gasteiger charge is 2.37. The van der Waals surface area contributed by atoms with Crippen molar-refractivity contribution in [3.8, 4) is 0 Å². The van der Waals surface area contributed by atoms with E-state index in [9.17, 15) is 13.2 Å². The molecule has 1 unspecified atom stereocenters. The van der Waals surface area contributed by atoms with Crippen molar-refractivity contribution in [1.82, 2.24) is 10.1 Å². The van der Waals surface area contributed by atoms with Gasteiger partial charge in [0, 0.05) is 11.7 Å². The minimum Gasteiger partial charge on any atom is -0.383 e. The molecule has 1 heterocycles. The third kappa shape index (κ3) is 4.10. The fourth-order valence-corrected chi connectivity index (χ4v) is 2.85. The molecular formula is C11H15F3N2O2S. The Bertz CT molecular complexity index is 405. The molecule has 1 aliphatic rings. The second kappa shape index (κ2) is 6.13. The highest BCUT2D eigenvalue weighted by Crippen LogP contribution is 2.32. The Morgan fingerprint density at radius 3 is 2.68 bits per heavy atom. The zero-order valence-corrected chi connectivity index (χ0v) is 11.0. The number of alkyl halides is 3. The van der Waals surface area contributed by atoms with Crippen molar-refractivity contribution < 1.29 is 22.8 Å². The van der Waals surface area contributed by atoms with Gasteiger partial charge in [-0.05, 0) is 12.8 Å². The number of aliphatic hydroxyl groups excluding tert-OH is 1. The van der Waals surface area contributed by atoms with Gasteiger partial charge in [0.05, 0.1) is 5.75 Å². The molecule has 1 atom stereocenters. The van der Waals surface area contributed by atoms with Crippen molar-refractivity contribution in [2.45, 2.75) is 49.6 Å². The number of hydrogen-bond donors (Lipinski definition) is 1. The van der Waals surface area contributed by atoms with E-state index >= 15 is 0 Å². The quantitative estimate of drug-likeness (QED) is 0.905. The van der Waals surface area contributed by atoms with Crippen LogP contribution in [-0.4, -0.2) is 33.3 Å². The van der Waals surface area contributed by atoms with Crippen LogP contribution in [0.15, 0.2) is 4.52 Å².